The van der Waals surface area contributed by atoms with E-state index < -0.39 is 11.6 Å². The van der Waals surface area contributed by atoms with Crippen LogP contribution in [0.25, 0.3) is 27.9 Å². The van der Waals surface area contributed by atoms with Crippen molar-refractivity contribution in [3.63, 3.8) is 0 Å². The maximum Gasteiger partial charge on any atom is 0.133 e. The minimum absolute atomic E-state index is 0.158. The van der Waals surface area contributed by atoms with Gasteiger partial charge in [0.25, 0.3) is 0 Å². The minimum atomic E-state index is -0.503. The van der Waals surface area contributed by atoms with Crippen molar-refractivity contribution in [3.05, 3.63) is 89.4 Å². The number of hydrogen-bond acceptors (Lipinski definition) is 3. The van der Waals surface area contributed by atoms with Gasteiger partial charge in [-0.3, -0.25) is 4.98 Å². The molecule has 0 radical (unpaired) electrons. The highest BCUT2D eigenvalue weighted by Gasteiger charge is 2.17. The Bertz CT molecular complexity index is 1330. The number of ether oxygens (including phenoxy) is 1. The quantitative estimate of drug-likeness (QED) is 0.322. The molecule has 0 aliphatic carbocycles. The van der Waals surface area contributed by atoms with Crippen LogP contribution in [0.3, 0.4) is 0 Å². The third-order valence-corrected chi connectivity index (χ3v) is 5.77. The first-order chi connectivity index (χ1) is 15.9. The molecule has 0 atom stereocenters. The molecule has 33 heavy (non-hydrogen) atoms. The number of nitrogens with zero attached hydrogens (tertiary/aromatic N) is 3. The summed E-state index contributed by atoms with van der Waals surface area (Å²) in [6.07, 6.45) is 0.882. The Morgan fingerprint density at radius 2 is 1.88 bits per heavy atom. The molecule has 4 aromatic rings. The molecule has 170 valence electrons. The van der Waals surface area contributed by atoms with Crippen molar-refractivity contribution in [2.45, 2.75) is 33.2 Å². The van der Waals surface area contributed by atoms with E-state index in [1.807, 2.05) is 48.7 Å². The number of benzene rings is 2. The van der Waals surface area contributed by atoms with Gasteiger partial charge in [0.05, 0.1) is 23.3 Å². The van der Waals surface area contributed by atoms with Crippen LogP contribution in [0.5, 0.6) is 0 Å². The zero-order chi connectivity index (χ0) is 23.5. The average Bonchev–Trinajstić information content (AvgIpc) is 3.15. The number of pyridine rings is 1. The second kappa shape index (κ2) is 9.63. The van der Waals surface area contributed by atoms with Crippen molar-refractivity contribution >= 4 is 16.6 Å². The molecule has 0 saturated carbocycles. The summed E-state index contributed by atoms with van der Waals surface area (Å²) in [7, 11) is 1.63. The van der Waals surface area contributed by atoms with Gasteiger partial charge in [-0.1, -0.05) is 31.2 Å². The number of aryl methyl sites for hydroxylation is 1. The molecule has 2 aromatic carbocycles. The normalized spacial score (nSPS) is 11.3. The molecule has 4 nitrogen and oxygen atoms in total. The molecule has 2 heterocycles. The molecule has 0 saturated heterocycles. The number of hydrogen-bond donors (Lipinski definition) is 0. The fraction of sp³-hybridized carbons (Fsp3) is 0.259. The smallest absolute Gasteiger partial charge is 0.133 e. The largest absolute Gasteiger partial charge is 0.383 e. The Balaban J connectivity index is 1.74. The van der Waals surface area contributed by atoms with E-state index in [0.29, 0.717) is 24.7 Å². The van der Waals surface area contributed by atoms with E-state index in [1.54, 1.807) is 13.2 Å². The first-order valence-electron chi connectivity index (χ1n) is 11.0. The number of methoxy groups -OCH3 is 1. The SMILES string of the molecule is C=C(C)c1ccc2nc(Cc3cc(F)c(-c4cccc(CC)n4)cc3F)n(CCOC)c2c1. The molecule has 0 aliphatic heterocycles. The first-order valence-corrected chi connectivity index (χ1v) is 11.0. The van der Waals surface area contributed by atoms with Crippen LogP contribution in [-0.4, -0.2) is 28.3 Å². The standard InChI is InChI=1S/C27H27F2N3O/c1-5-20-7-6-8-24(30-20)21-16-22(28)19(13-23(21)29)15-27-31-25-10-9-18(17(2)3)14-26(25)32(27)11-12-33-4/h6-10,13-14,16H,2,5,11-12,15H2,1,3-4H3. The first kappa shape index (κ1) is 22.8. The van der Waals surface area contributed by atoms with Crippen molar-refractivity contribution in [2.75, 3.05) is 13.7 Å². The van der Waals surface area contributed by atoms with Crippen molar-refractivity contribution in [1.29, 1.82) is 0 Å². The second-order valence-corrected chi connectivity index (χ2v) is 8.12. The Labute approximate surface area is 192 Å². The van der Waals surface area contributed by atoms with Gasteiger partial charge < -0.3 is 9.30 Å². The maximum absolute atomic E-state index is 15.1. The van der Waals surface area contributed by atoms with E-state index in [4.69, 9.17) is 9.72 Å². The summed E-state index contributed by atoms with van der Waals surface area (Å²) < 4.78 is 37.4. The van der Waals surface area contributed by atoms with Gasteiger partial charge in [-0.2, -0.15) is 0 Å². The second-order valence-electron chi connectivity index (χ2n) is 8.12. The summed E-state index contributed by atoms with van der Waals surface area (Å²) in [6.45, 7) is 8.96. The van der Waals surface area contributed by atoms with Gasteiger partial charge in [0.2, 0.25) is 0 Å². The Morgan fingerprint density at radius 3 is 2.61 bits per heavy atom. The summed E-state index contributed by atoms with van der Waals surface area (Å²) in [5, 5.41) is 0. The Morgan fingerprint density at radius 1 is 1.06 bits per heavy atom. The third kappa shape index (κ3) is 4.71. The van der Waals surface area contributed by atoms with E-state index in [-0.39, 0.29) is 17.5 Å². The molecule has 0 amide bonds. The minimum Gasteiger partial charge on any atom is -0.383 e. The van der Waals surface area contributed by atoms with Gasteiger partial charge in [-0.05, 0) is 60.9 Å². The number of imidazole rings is 1. The van der Waals surface area contributed by atoms with Crippen LogP contribution in [0.4, 0.5) is 8.78 Å². The number of fused-ring (bicyclic) bond motifs is 1. The monoisotopic (exact) mass is 447 g/mol. The maximum atomic E-state index is 15.1. The van der Waals surface area contributed by atoms with E-state index in [1.165, 1.54) is 12.1 Å². The van der Waals surface area contributed by atoms with Crippen LogP contribution in [0.2, 0.25) is 0 Å². The number of rotatable bonds is 8. The van der Waals surface area contributed by atoms with Crippen LogP contribution >= 0.6 is 0 Å². The van der Waals surface area contributed by atoms with Gasteiger partial charge in [0.15, 0.2) is 0 Å². The van der Waals surface area contributed by atoms with Gasteiger partial charge in [-0.15, -0.1) is 0 Å². The Hall–Kier alpha value is -3.38. The molecule has 2 aromatic heterocycles. The van der Waals surface area contributed by atoms with E-state index in [0.717, 1.165) is 34.3 Å². The highest BCUT2D eigenvalue weighted by atomic mass is 19.1. The average molecular weight is 448 g/mol. The van der Waals surface area contributed by atoms with Crippen molar-refractivity contribution in [3.8, 4) is 11.3 Å². The van der Waals surface area contributed by atoms with Crippen LogP contribution < -0.4 is 0 Å². The predicted octanol–water partition coefficient (Wildman–Crippen LogP) is 6.21. The van der Waals surface area contributed by atoms with Gasteiger partial charge in [0.1, 0.15) is 17.5 Å². The summed E-state index contributed by atoms with van der Waals surface area (Å²) in [4.78, 5) is 9.14. The number of halogens is 2. The highest BCUT2D eigenvalue weighted by molar-refractivity contribution is 5.81. The molecule has 6 heteroatoms. The molecular formula is C27H27F2N3O. The van der Waals surface area contributed by atoms with E-state index in [2.05, 4.69) is 11.6 Å². The van der Waals surface area contributed by atoms with Crippen LogP contribution in [0.1, 0.15) is 36.5 Å². The van der Waals surface area contributed by atoms with Crippen molar-refractivity contribution in [1.82, 2.24) is 14.5 Å². The van der Waals surface area contributed by atoms with Crippen LogP contribution in [0.15, 0.2) is 55.1 Å². The fourth-order valence-electron chi connectivity index (χ4n) is 3.92. The van der Waals surface area contributed by atoms with Crippen molar-refractivity contribution in [2.24, 2.45) is 0 Å². The molecule has 0 aliphatic rings. The lowest BCUT2D eigenvalue weighted by atomic mass is 10.0. The zero-order valence-corrected chi connectivity index (χ0v) is 19.2. The summed E-state index contributed by atoms with van der Waals surface area (Å²) >= 11 is 0. The number of allylic oxidation sites excluding steroid dienone is 1. The van der Waals surface area contributed by atoms with Gasteiger partial charge in [-0.25, -0.2) is 13.8 Å². The Kier molecular flexibility index (Phi) is 6.65. The zero-order valence-electron chi connectivity index (χ0n) is 19.2. The van der Waals surface area contributed by atoms with Gasteiger partial charge >= 0.3 is 0 Å². The van der Waals surface area contributed by atoms with E-state index >= 15 is 8.78 Å². The molecule has 0 unspecified atom stereocenters. The topological polar surface area (TPSA) is 39.9 Å². The lowest BCUT2D eigenvalue weighted by Crippen LogP contribution is -2.10. The molecule has 0 fully saturated rings. The molecule has 0 N–H and O–H groups in total. The van der Waals surface area contributed by atoms with Crippen molar-refractivity contribution < 1.29 is 13.5 Å². The predicted molar refractivity (Wildman–Crippen MR) is 128 cm³/mol. The lowest BCUT2D eigenvalue weighted by Gasteiger charge is -2.11. The summed E-state index contributed by atoms with van der Waals surface area (Å²) in [6, 6.07) is 13.8. The lowest BCUT2D eigenvalue weighted by molar-refractivity contribution is 0.187. The van der Waals surface area contributed by atoms with Crippen LogP contribution in [-0.2, 0) is 24.1 Å². The molecule has 4 rings (SSSR count). The van der Waals surface area contributed by atoms with Crippen LogP contribution in [0, 0.1) is 11.6 Å². The van der Waals surface area contributed by atoms with Gasteiger partial charge in [0, 0.05) is 31.3 Å². The number of aromatic nitrogens is 3. The summed E-state index contributed by atoms with van der Waals surface area (Å²) in [5.41, 5.74) is 5.33. The highest BCUT2D eigenvalue weighted by Crippen LogP contribution is 2.28. The third-order valence-electron chi connectivity index (χ3n) is 5.77. The molecule has 0 bridgehead atoms. The van der Waals surface area contributed by atoms with E-state index in [9.17, 15) is 0 Å². The summed E-state index contributed by atoms with van der Waals surface area (Å²) in [5.74, 6) is -0.336. The molecule has 0 spiro atoms. The fourth-order valence-corrected chi connectivity index (χ4v) is 3.92. The molecular weight excluding hydrogens is 420 g/mol.